The zero-order chi connectivity index (χ0) is 19.3. The Bertz CT molecular complexity index is 984. The maximum atomic E-state index is 6.12. The molecule has 1 aliphatic carbocycles. The van der Waals surface area contributed by atoms with Gasteiger partial charge in [0, 0.05) is 18.8 Å². The summed E-state index contributed by atoms with van der Waals surface area (Å²) in [5.74, 6) is 1.91. The number of guanidine groups is 1. The lowest BCUT2D eigenvalue weighted by molar-refractivity contribution is 0.483. The number of aryl methyl sites for hydroxylation is 2. The van der Waals surface area contributed by atoms with E-state index < -0.39 is 0 Å². The fourth-order valence-electron chi connectivity index (χ4n) is 3.55. The number of ether oxygens (including phenoxy) is 1. The Morgan fingerprint density at radius 3 is 2.69 bits per heavy atom. The van der Waals surface area contributed by atoms with Crippen molar-refractivity contribution in [3.63, 3.8) is 0 Å². The predicted octanol–water partition coefficient (Wildman–Crippen LogP) is 4.64. The van der Waals surface area contributed by atoms with E-state index in [2.05, 4.69) is 15.4 Å². The molecular formula is C22H26IN5O. The second-order valence-corrected chi connectivity index (χ2v) is 6.97. The van der Waals surface area contributed by atoms with Gasteiger partial charge in [-0.3, -0.25) is 4.68 Å². The third-order valence-corrected chi connectivity index (χ3v) is 4.93. The summed E-state index contributed by atoms with van der Waals surface area (Å²) in [7, 11) is 1.98. The first kappa shape index (κ1) is 21.2. The van der Waals surface area contributed by atoms with Crippen molar-refractivity contribution in [1.29, 1.82) is 0 Å². The van der Waals surface area contributed by atoms with E-state index in [1.807, 2.05) is 66.3 Å². The molecule has 3 aromatic rings. The number of para-hydroxylation sites is 1. The van der Waals surface area contributed by atoms with Gasteiger partial charge in [0.2, 0.25) is 0 Å². The second kappa shape index (κ2) is 9.78. The number of aliphatic imine (C=N–C) groups is 1. The SMILES string of the molecule is Cn1nc2c(c1CN=C(N)Nc1cccc(Oc3ccccc3)c1)CCCC2.I. The average molecular weight is 503 g/mol. The molecule has 0 aliphatic heterocycles. The molecule has 152 valence electrons. The van der Waals surface area contributed by atoms with E-state index >= 15 is 0 Å². The number of anilines is 1. The summed E-state index contributed by atoms with van der Waals surface area (Å²) in [6.07, 6.45) is 4.59. The van der Waals surface area contributed by atoms with Gasteiger partial charge >= 0.3 is 0 Å². The van der Waals surface area contributed by atoms with E-state index in [1.165, 1.54) is 24.1 Å². The number of aromatic nitrogens is 2. The van der Waals surface area contributed by atoms with E-state index in [9.17, 15) is 0 Å². The van der Waals surface area contributed by atoms with Crippen molar-refractivity contribution >= 4 is 35.6 Å². The molecule has 7 heteroatoms. The lowest BCUT2D eigenvalue weighted by Gasteiger charge is -2.11. The molecule has 29 heavy (non-hydrogen) atoms. The summed E-state index contributed by atoms with van der Waals surface area (Å²) in [6.45, 7) is 0.526. The smallest absolute Gasteiger partial charge is 0.193 e. The molecule has 0 saturated carbocycles. The molecule has 0 saturated heterocycles. The quantitative estimate of drug-likeness (QED) is 0.302. The Morgan fingerprint density at radius 1 is 1.10 bits per heavy atom. The standard InChI is InChI=1S/C22H25N5O.HI/c1-27-21(19-12-5-6-13-20(19)26-27)15-24-22(23)25-16-8-7-11-18(14-16)28-17-9-3-2-4-10-17;/h2-4,7-11,14H,5-6,12-13,15H2,1H3,(H3,23,24,25);1H. The van der Waals surface area contributed by atoms with E-state index in [0.29, 0.717) is 12.5 Å². The fourth-order valence-corrected chi connectivity index (χ4v) is 3.55. The Kier molecular flexibility index (Phi) is 7.13. The van der Waals surface area contributed by atoms with E-state index in [0.717, 1.165) is 35.7 Å². The molecule has 0 spiro atoms. The van der Waals surface area contributed by atoms with Gasteiger partial charge < -0.3 is 15.8 Å². The molecule has 2 aromatic carbocycles. The molecule has 0 atom stereocenters. The zero-order valence-electron chi connectivity index (χ0n) is 16.5. The number of nitrogens with two attached hydrogens (primary N) is 1. The number of halogens is 1. The van der Waals surface area contributed by atoms with Crippen molar-refractivity contribution in [2.24, 2.45) is 17.8 Å². The number of nitrogens with one attached hydrogen (secondary N) is 1. The molecule has 1 heterocycles. The lowest BCUT2D eigenvalue weighted by atomic mass is 9.96. The highest BCUT2D eigenvalue weighted by Crippen LogP contribution is 2.25. The van der Waals surface area contributed by atoms with E-state index in [4.69, 9.17) is 10.5 Å². The van der Waals surface area contributed by atoms with Crippen LogP contribution in [0.4, 0.5) is 5.69 Å². The van der Waals surface area contributed by atoms with Crippen molar-refractivity contribution in [1.82, 2.24) is 9.78 Å². The zero-order valence-corrected chi connectivity index (χ0v) is 18.8. The Morgan fingerprint density at radius 2 is 1.86 bits per heavy atom. The molecule has 0 fully saturated rings. The van der Waals surface area contributed by atoms with Crippen LogP contribution in [0, 0.1) is 0 Å². The first-order valence-corrected chi connectivity index (χ1v) is 9.62. The highest BCUT2D eigenvalue weighted by atomic mass is 127. The molecule has 1 aliphatic rings. The van der Waals surface area contributed by atoms with E-state index in [1.54, 1.807) is 0 Å². The first-order chi connectivity index (χ1) is 13.7. The second-order valence-electron chi connectivity index (χ2n) is 6.97. The van der Waals surface area contributed by atoms with Crippen molar-refractivity contribution < 1.29 is 4.74 Å². The molecule has 0 bridgehead atoms. The van der Waals surface area contributed by atoms with Crippen LogP contribution in [0.5, 0.6) is 11.5 Å². The van der Waals surface area contributed by atoms with Gasteiger partial charge in [-0.1, -0.05) is 24.3 Å². The van der Waals surface area contributed by atoms with Crippen LogP contribution in [0.15, 0.2) is 59.6 Å². The van der Waals surface area contributed by atoms with Crippen LogP contribution in [0.25, 0.3) is 0 Å². The molecule has 6 nitrogen and oxygen atoms in total. The van der Waals surface area contributed by atoms with Crippen LogP contribution in [-0.2, 0) is 26.4 Å². The summed E-state index contributed by atoms with van der Waals surface area (Å²) < 4.78 is 7.81. The van der Waals surface area contributed by atoms with Gasteiger partial charge in [0.1, 0.15) is 11.5 Å². The maximum Gasteiger partial charge on any atom is 0.193 e. The van der Waals surface area contributed by atoms with Crippen LogP contribution >= 0.6 is 24.0 Å². The molecule has 4 rings (SSSR count). The molecule has 0 amide bonds. The van der Waals surface area contributed by atoms with Crippen molar-refractivity contribution in [3.05, 3.63) is 71.5 Å². The molecule has 0 radical (unpaired) electrons. The highest BCUT2D eigenvalue weighted by molar-refractivity contribution is 14.0. The van der Waals surface area contributed by atoms with Gasteiger partial charge in [0.05, 0.1) is 17.9 Å². The first-order valence-electron chi connectivity index (χ1n) is 9.62. The van der Waals surface area contributed by atoms with Crippen molar-refractivity contribution in [2.75, 3.05) is 5.32 Å². The molecule has 0 unspecified atom stereocenters. The van der Waals surface area contributed by atoms with Crippen LogP contribution in [0.2, 0.25) is 0 Å². The third-order valence-electron chi connectivity index (χ3n) is 4.93. The van der Waals surface area contributed by atoms with Crippen molar-refractivity contribution in [3.8, 4) is 11.5 Å². The van der Waals surface area contributed by atoms with Gasteiger partial charge in [-0.05, 0) is 55.5 Å². The number of fused-ring (bicyclic) bond motifs is 1. The maximum absolute atomic E-state index is 6.12. The number of hydrogen-bond acceptors (Lipinski definition) is 3. The van der Waals surface area contributed by atoms with Gasteiger partial charge in [-0.15, -0.1) is 24.0 Å². The molecule has 3 N–H and O–H groups in total. The minimum absolute atomic E-state index is 0. The topological polar surface area (TPSA) is 77.5 Å². The fraction of sp³-hybridized carbons (Fsp3) is 0.273. The summed E-state index contributed by atoms with van der Waals surface area (Å²) in [5, 5.41) is 7.78. The predicted molar refractivity (Wildman–Crippen MR) is 127 cm³/mol. The Hall–Kier alpha value is -2.55. The summed E-state index contributed by atoms with van der Waals surface area (Å²) in [5.41, 5.74) is 10.7. The minimum Gasteiger partial charge on any atom is -0.457 e. The van der Waals surface area contributed by atoms with Crippen LogP contribution in [0.1, 0.15) is 29.8 Å². The number of rotatable bonds is 5. The molecule has 1 aromatic heterocycles. The van der Waals surface area contributed by atoms with Gasteiger partial charge in [0.25, 0.3) is 0 Å². The van der Waals surface area contributed by atoms with Gasteiger partial charge in [-0.2, -0.15) is 5.10 Å². The number of nitrogens with zero attached hydrogens (tertiary/aromatic N) is 3. The van der Waals surface area contributed by atoms with Crippen LogP contribution in [-0.4, -0.2) is 15.7 Å². The molecular weight excluding hydrogens is 477 g/mol. The van der Waals surface area contributed by atoms with Crippen LogP contribution in [0.3, 0.4) is 0 Å². The van der Waals surface area contributed by atoms with Crippen molar-refractivity contribution in [2.45, 2.75) is 32.2 Å². The number of hydrogen-bond donors (Lipinski definition) is 2. The van der Waals surface area contributed by atoms with E-state index in [-0.39, 0.29) is 24.0 Å². The van der Waals surface area contributed by atoms with Crippen LogP contribution < -0.4 is 15.8 Å². The normalized spacial score (nSPS) is 13.3. The lowest BCUT2D eigenvalue weighted by Crippen LogP contribution is -2.22. The largest absolute Gasteiger partial charge is 0.457 e. The monoisotopic (exact) mass is 503 g/mol. The van der Waals surface area contributed by atoms with Gasteiger partial charge in [-0.25, -0.2) is 4.99 Å². The summed E-state index contributed by atoms with van der Waals surface area (Å²) in [6, 6.07) is 17.4. The van der Waals surface area contributed by atoms with Gasteiger partial charge in [0.15, 0.2) is 5.96 Å². The number of benzene rings is 2. The Labute approximate surface area is 188 Å². The Balaban J connectivity index is 0.00000240. The minimum atomic E-state index is 0. The highest BCUT2D eigenvalue weighted by Gasteiger charge is 2.18. The average Bonchev–Trinajstić information content (AvgIpc) is 3.02. The summed E-state index contributed by atoms with van der Waals surface area (Å²) >= 11 is 0. The summed E-state index contributed by atoms with van der Waals surface area (Å²) in [4.78, 5) is 4.53. The third kappa shape index (κ3) is 5.29.